The molecule has 1 N–H and O–H groups in total. The molecule has 1 aromatic carbocycles. The van der Waals surface area contributed by atoms with Gasteiger partial charge in [-0.3, -0.25) is 4.79 Å². The maximum atomic E-state index is 13.1. The van der Waals surface area contributed by atoms with E-state index in [4.69, 9.17) is 14.2 Å². The lowest BCUT2D eigenvalue weighted by atomic mass is 9.81. The van der Waals surface area contributed by atoms with Crippen LogP contribution in [0.2, 0.25) is 0 Å². The molecule has 0 bridgehead atoms. The maximum absolute atomic E-state index is 13.1. The van der Waals surface area contributed by atoms with Crippen molar-refractivity contribution in [3.63, 3.8) is 0 Å². The molecule has 0 radical (unpaired) electrons. The molecule has 1 saturated heterocycles. The van der Waals surface area contributed by atoms with Gasteiger partial charge in [-0.25, -0.2) is 4.79 Å². The molecule has 1 saturated carbocycles. The van der Waals surface area contributed by atoms with Crippen molar-refractivity contribution in [3.8, 4) is 0 Å². The minimum atomic E-state index is -0.953. The third kappa shape index (κ3) is 4.44. The predicted octanol–water partition coefficient (Wildman–Crippen LogP) is 4.06. The van der Waals surface area contributed by atoms with E-state index in [2.05, 4.69) is 0 Å². The van der Waals surface area contributed by atoms with Crippen LogP contribution in [0.15, 0.2) is 41.7 Å². The minimum absolute atomic E-state index is 0.124. The van der Waals surface area contributed by atoms with Gasteiger partial charge in [-0.2, -0.15) is 0 Å². The van der Waals surface area contributed by atoms with Crippen molar-refractivity contribution < 1.29 is 28.9 Å². The molecule has 0 amide bonds. The largest absolute Gasteiger partial charge is 0.504 e. The summed E-state index contributed by atoms with van der Waals surface area (Å²) in [6, 6.07) is 9.60. The lowest BCUT2D eigenvalue weighted by Crippen LogP contribution is -2.42. The van der Waals surface area contributed by atoms with E-state index in [0.717, 1.165) is 24.8 Å². The summed E-state index contributed by atoms with van der Waals surface area (Å²) in [6.07, 6.45) is 3.51. The Morgan fingerprint density at radius 3 is 2.43 bits per heavy atom. The fourth-order valence-corrected chi connectivity index (χ4v) is 4.57. The van der Waals surface area contributed by atoms with Crippen LogP contribution in [0.3, 0.4) is 0 Å². The zero-order chi connectivity index (χ0) is 21.1. The highest BCUT2D eigenvalue weighted by molar-refractivity contribution is 6.09. The Hall–Kier alpha value is -2.18. The number of Topliss-reactive ketones (excluding diaryl/α,β-unsaturated/α-hetero) is 1. The first-order chi connectivity index (χ1) is 14.6. The monoisotopic (exact) mass is 414 g/mol. The number of ketones is 1. The second kappa shape index (κ2) is 9.31. The van der Waals surface area contributed by atoms with Gasteiger partial charge in [0, 0.05) is 11.8 Å². The molecule has 2 aliphatic heterocycles. The average molecular weight is 414 g/mol. The van der Waals surface area contributed by atoms with Crippen LogP contribution >= 0.6 is 0 Å². The Morgan fingerprint density at radius 1 is 1.10 bits per heavy atom. The average Bonchev–Trinajstić information content (AvgIpc) is 3.61. The number of rotatable bonds is 8. The Labute approximate surface area is 177 Å². The molecule has 2 heterocycles. The van der Waals surface area contributed by atoms with E-state index < -0.39 is 23.6 Å². The first kappa shape index (κ1) is 21.1. The van der Waals surface area contributed by atoms with Gasteiger partial charge in [0.2, 0.25) is 5.78 Å². The van der Waals surface area contributed by atoms with Crippen molar-refractivity contribution in [2.24, 2.45) is 11.8 Å². The third-order valence-corrected chi connectivity index (χ3v) is 6.39. The molecular weight excluding hydrogens is 384 g/mol. The first-order valence-corrected chi connectivity index (χ1v) is 11.1. The molecule has 4 rings (SSSR count). The van der Waals surface area contributed by atoms with Gasteiger partial charge in [0.05, 0.1) is 18.8 Å². The molecule has 30 heavy (non-hydrogen) atoms. The summed E-state index contributed by atoms with van der Waals surface area (Å²) in [4.78, 5) is 26.1. The summed E-state index contributed by atoms with van der Waals surface area (Å²) in [5.74, 6) is -1.70. The summed E-state index contributed by atoms with van der Waals surface area (Å²) >= 11 is 0. The summed E-state index contributed by atoms with van der Waals surface area (Å²) in [6.45, 7) is 3.31. The molecule has 3 atom stereocenters. The van der Waals surface area contributed by atoms with Crippen LogP contribution in [-0.2, 0) is 23.8 Å². The van der Waals surface area contributed by atoms with E-state index in [1.807, 2.05) is 37.3 Å². The summed E-state index contributed by atoms with van der Waals surface area (Å²) in [5, 5.41) is 10.8. The Bertz CT molecular complexity index is 791. The third-order valence-electron chi connectivity index (χ3n) is 6.39. The smallest absolute Gasteiger partial charge is 0.339 e. The van der Waals surface area contributed by atoms with Crippen LogP contribution in [0.1, 0.15) is 56.9 Å². The Morgan fingerprint density at radius 2 is 1.80 bits per heavy atom. The van der Waals surface area contributed by atoms with Crippen molar-refractivity contribution >= 4 is 11.8 Å². The van der Waals surface area contributed by atoms with Gasteiger partial charge in [0.1, 0.15) is 0 Å². The van der Waals surface area contributed by atoms with E-state index in [-0.39, 0.29) is 29.6 Å². The van der Waals surface area contributed by atoms with Crippen molar-refractivity contribution in [2.75, 3.05) is 13.2 Å². The number of cyclic esters (lactones) is 1. The van der Waals surface area contributed by atoms with E-state index in [1.54, 1.807) is 0 Å². The second-order valence-electron chi connectivity index (χ2n) is 8.45. The molecule has 3 unspecified atom stereocenters. The zero-order valence-corrected chi connectivity index (χ0v) is 17.4. The van der Waals surface area contributed by atoms with Crippen LogP contribution in [0.25, 0.3) is 0 Å². The normalized spacial score (nSPS) is 25.2. The molecule has 1 aromatic rings. The number of ether oxygens (including phenoxy) is 3. The Balaban J connectivity index is 1.52. The molecule has 2 fully saturated rings. The van der Waals surface area contributed by atoms with Gasteiger partial charge in [-0.05, 0) is 50.0 Å². The van der Waals surface area contributed by atoms with E-state index >= 15 is 0 Å². The first-order valence-electron chi connectivity index (χ1n) is 11.1. The second-order valence-corrected chi connectivity index (χ2v) is 8.45. The number of aliphatic hydroxyl groups excluding tert-OH is 1. The van der Waals surface area contributed by atoms with E-state index in [0.29, 0.717) is 32.5 Å². The summed E-state index contributed by atoms with van der Waals surface area (Å²) in [7, 11) is 0. The zero-order valence-electron chi connectivity index (χ0n) is 17.4. The van der Waals surface area contributed by atoms with Crippen molar-refractivity contribution in [1.29, 1.82) is 0 Å². The molecule has 162 valence electrons. The molecule has 3 aliphatic rings. The number of carbonyl (C=O) groups is 2. The van der Waals surface area contributed by atoms with Crippen LogP contribution in [0.5, 0.6) is 0 Å². The standard InChI is InChI=1S/C24H30O6/c1-2-15(11-12-18-28-13-6-14-29-18)23-22(26)21(25)20(24(27)30-23)19(17-9-10-17)16-7-4-3-5-8-16/h3-5,7-8,15,17-19,23,25H,2,6,9-14H2,1H3. The summed E-state index contributed by atoms with van der Waals surface area (Å²) < 4.78 is 16.8. The maximum Gasteiger partial charge on any atom is 0.339 e. The molecule has 6 nitrogen and oxygen atoms in total. The molecule has 0 spiro atoms. The van der Waals surface area contributed by atoms with Crippen LogP contribution in [0.4, 0.5) is 0 Å². The minimum Gasteiger partial charge on any atom is -0.504 e. The molecule has 1 aliphatic carbocycles. The Kier molecular flexibility index (Phi) is 6.54. The number of benzene rings is 1. The lowest BCUT2D eigenvalue weighted by Gasteiger charge is -2.32. The SMILES string of the molecule is CCC(CCC1OCCCO1)C1OC(=O)C(C(c2ccccc2)C2CC2)=C(O)C1=O. The number of hydrogen-bond donors (Lipinski definition) is 1. The van der Waals surface area contributed by atoms with Crippen LogP contribution in [-0.4, -0.2) is 42.5 Å². The van der Waals surface area contributed by atoms with Gasteiger partial charge in [-0.15, -0.1) is 0 Å². The van der Waals surface area contributed by atoms with E-state index in [9.17, 15) is 14.7 Å². The number of esters is 1. The quantitative estimate of drug-likeness (QED) is 0.646. The van der Waals surface area contributed by atoms with Gasteiger partial charge < -0.3 is 19.3 Å². The van der Waals surface area contributed by atoms with Gasteiger partial charge in [0.25, 0.3) is 0 Å². The molecule has 6 heteroatoms. The highest BCUT2D eigenvalue weighted by atomic mass is 16.7. The molecule has 0 aromatic heterocycles. The fourth-order valence-electron chi connectivity index (χ4n) is 4.57. The van der Waals surface area contributed by atoms with Crippen molar-refractivity contribution in [2.45, 2.75) is 63.8 Å². The number of hydrogen-bond acceptors (Lipinski definition) is 6. The summed E-state index contributed by atoms with van der Waals surface area (Å²) in [5.41, 5.74) is 1.06. The van der Waals surface area contributed by atoms with Crippen molar-refractivity contribution in [1.82, 2.24) is 0 Å². The number of carbonyl (C=O) groups excluding carboxylic acids is 2. The topological polar surface area (TPSA) is 82.1 Å². The van der Waals surface area contributed by atoms with Gasteiger partial charge in [0.15, 0.2) is 18.2 Å². The molecular formula is C24H30O6. The van der Waals surface area contributed by atoms with Crippen LogP contribution < -0.4 is 0 Å². The highest BCUT2D eigenvalue weighted by Crippen LogP contribution is 2.48. The van der Waals surface area contributed by atoms with Gasteiger partial charge in [-0.1, -0.05) is 37.3 Å². The van der Waals surface area contributed by atoms with Gasteiger partial charge >= 0.3 is 5.97 Å². The van der Waals surface area contributed by atoms with E-state index in [1.165, 1.54) is 0 Å². The lowest BCUT2D eigenvalue weighted by molar-refractivity contribution is -0.184. The van der Waals surface area contributed by atoms with Crippen molar-refractivity contribution in [3.05, 3.63) is 47.2 Å². The predicted molar refractivity (Wildman–Crippen MR) is 110 cm³/mol. The highest BCUT2D eigenvalue weighted by Gasteiger charge is 2.47. The van der Waals surface area contributed by atoms with Crippen LogP contribution in [0, 0.1) is 11.8 Å². The number of aliphatic hydroxyl groups is 1. The fraction of sp³-hybridized carbons (Fsp3) is 0.583.